The molecule has 0 spiro atoms. The summed E-state index contributed by atoms with van der Waals surface area (Å²) in [6, 6.07) is 20.8. The van der Waals surface area contributed by atoms with Crippen LogP contribution in [0.25, 0.3) is 0 Å². The van der Waals surface area contributed by atoms with E-state index in [0.29, 0.717) is 29.2 Å². The van der Waals surface area contributed by atoms with Gasteiger partial charge in [-0.05, 0) is 86.9 Å². The maximum absolute atomic E-state index is 13.7. The van der Waals surface area contributed by atoms with Crippen LogP contribution in [0.4, 0.5) is 5.69 Å². The molecule has 35 heavy (non-hydrogen) atoms. The van der Waals surface area contributed by atoms with Gasteiger partial charge in [0.05, 0.1) is 17.8 Å². The van der Waals surface area contributed by atoms with Crippen molar-refractivity contribution in [1.82, 2.24) is 10.2 Å². The van der Waals surface area contributed by atoms with Crippen molar-refractivity contribution in [2.75, 3.05) is 31.1 Å². The summed E-state index contributed by atoms with van der Waals surface area (Å²) in [7, 11) is 0. The molecule has 0 unspecified atom stereocenters. The summed E-state index contributed by atoms with van der Waals surface area (Å²) in [4.78, 5) is 32.7. The summed E-state index contributed by atoms with van der Waals surface area (Å²) < 4.78 is 0. The molecule has 0 bridgehead atoms. The summed E-state index contributed by atoms with van der Waals surface area (Å²) in [5.41, 5.74) is 2.88. The lowest BCUT2D eigenvalue weighted by Crippen LogP contribution is -2.31. The number of hydrogen-bond acceptors (Lipinski definition) is 4. The zero-order chi connectivity index (χ0) is 24.2. The molecular formula is C28H28ClN3O2S. The van der Waals surface area contributed by atoms with Crippen LogP contribution in [-0.2, 0) is 6.54 Å². The van der Waals surface area contributed by atoms with E-state index in [1.807, 2.05) is 66.7 Å². The number of benzene rings is 3. The molecule has 5 rings (SSSR count). The lowest BCUT2D eigenvalue weighted by molar-refractivity contribution is 0.0948. The van der Waals surface area contributed by atoms with Crippen LogP contribution in [0.2, 0.25) is 5.02 Å². The number of carbonyl (C=O) groups excluding carboxylic acids is 2. The number of anilines is 1. The first-order valence-corrected chi connectivity index (χ1v) is 13.3. The lowest BCUT2D eigenvalue weighted by Gasteiger charge is -2.24. The Kier molecular flexibility index (Phi) is 7.42. The monoisotopic (exact) mass is 505 g/mol. The van der Waals surface area contributed by atoms with Gasteiger partial charge in [0.1, 0.15) is 0 Å². The van der Waals surface area contributed by atoms with Crippen molar-refractivity contribution in [3.05, 3.63) is 88.4 Å². The molecule has 3 aromatic rings. The SMILES string of the molecule is O=C(NCCCN1CCCC1)c1ccc2c(c1)N(Cc1cccc(Cl)c1)C(=O)c1ccccc1S2. The van der Waals surface area contributed by atoms with Crippen LogP contribution in [0.3, 0.4) is 0 Å². The molecule has 0 aliphatic carbocycles. The molecule has 1 fully saturated rings. The highest BCUT2D eigenvalue weighted by Crippen LogP contribution is 2.42. The normalized spacial score (nSPS) is 15.5. The highest BCUT2D eigenvalue weighted by atomic mass is 35.5. The zero-order valence-corrected chi connectivity index (χ0v) is 21.1. The summed E-state index contributed by atoms with van der Waals surface area (Å²) >= 11 is 7.77. The van der Waals surface area contributed by atoms with Gasteiger partial charge in [-0.3, -0.25) is 9.59 Å². The van der Waals surface area contributed by atoms with E-state index in [-0.39, 0.29) is 11.8 Å². The molecule has 7 heteroatoms. The van der Waals surface area contributed by atoms with E-state index in [1.54, 1.807) is 16.7 Å². The first-order valence-electron chi connectivity index (χ1n) is 12.1. The average molecular weight is 506 g/mol. The second kappa shape index (κ2) is 10.9. The van der Waals surface area contributed by atoms with Gasteiger partial charge in [-0.1, -0.05) is 47.6 Å². The number of fused-ring (bicyclic) bond motifs is 2. The first-order chi connectivity index (χ1) is 17.1. The summed E-state index contributed by atoms with van der Waals surface area (Å²) in [5.74, 6) is -0.203. The van der Waals surface area contributed by atoms with Gasteiger partial charge in [-0.15, -0.1) is 0 Å². The minimum absolute atomic E-state index is 0.0880. The number of hydrogen-bond donors (Lipinski definition) is 1. The number of amides is 2. The van der Waals surface area contributed by atoms with Crippen LogP contribution < -0.4 is 10.2 Å². The number of carbonyl (C=O) groups is 2. The van der Waals surface area contributed by atoms with Gasteiger partial charge in [0.25, 0.3) is 11.8 Å². The molecule has 2 aliphatic heterocycles. The fourth-order valence-electron chi connectivity index (χ4n) is 4.65. The Hall–Kier alpha value is -2.80. The predicted molar refractivity (Wildman–Crippen MR) is 142 cm³/mol. The number of nitrogens with one attached hydrogen (secondary N) is 1. The molecule has 1 N–H and O–H groups in total. The van der Waals surface area contributed by atoms with Crippen LogP contribution in [0.5, 0.6) is 0 Å². The minimum atomic E-state index is -0.115. The molecule has 3 aromatic carbocycles. The highest BCUT2D eigenvalue weighted by molar-refractivity contribution is 7.99. The van der Waals surface area contributed by atoms with E-state index in [1.165, 1.54) is 12.8 Å². The van der Waals surface area contributed by atoms with E-state index in [9.17, 15) is 9.59 Å². The molecule has 0 atom stereocenters. The van der Waals surface area contributed by atoms with Crippen molar-refractivity contribution in [3.8, 4) is 0 Å². The van der Waals surface area contributed by atoms with Gasteiger partial charge in [0, 0.05) is 26.9 Å². The number of nitrogens with zero attached hydrogens (tertiary/aromatic N) is 2. The van der Waals surface area contributed by atoms with Crippen molar-refractivity contribution in [2.45, 2.75) is 35.6 Å². The Morgan fingerprint density at radius 2 is 1.80 bits per heavy atom. The maximum atomic E-state index is 13.7. The Morgan fingerprint density at radius 3 is 2.63 bits per heavy atom. The Bertz CT molecular complexity index is 1240. The van der Waals surface area contributed by atoms with Gasteiger partial charge in [0.2, 0.25) is 0 Å². The number of rotatable bonds is 7. The Labute approximate surface area is 215 Å². The summed E-state index contributed by atoms with van der Waals surface area (Å²) in [6.07, 6.45) is 3.47. The number of halogens is 1. The predicted octanol–water partition coefficient (Wildman–Crippen LogP) is 5.87. The standard InChI is InChI=1S/C28H28ClN3O2S/c29-22-8-5-7-20(17-22)19-32-24-18-21(27(33)30-13-6-16-31-14-3-4-15-31)11-12-26(24)35-25-10-2-1-9-23(25)28(32)34/h1-2,5,7-12,17-18H,3-4,6,13-16,19H2,(H,30,33). The van der Waals surface area contributed by atoms with E-state index >= 15 is 0 Å². The fraction of sp³-hybridized carbons (Fsp3) is 0.286. The quantitative estimate of drug-likeness (QED) is 0.408. The Balaban J connectivity index is 1.39. The topological polar surface area (TPSA) is 52.7 Å². The molecule has 2 aliphatic rings. The Morgan fingerprint density at radius 1 is 0.971 bits per heavy atom. The first kappa shape index (κ1) is 23.9. The maximum Gasteiger partial charge on any atom is 0.259 e. The molecular weight excluding hydrogens is 478 g/mol. The molecule has 1 saturated heterocycles. The minimum Gasteiger partial charge on any atom is -0.352 e. The van der Waals surface area contributed by atoms with Gasteiger partial charge in [-0.2, -0.15) is 0 Å². The molecule has 180 valence electrons. The highest BCUT2D eigenvalue weighted by Gasteiger charge is 2.28. The van der Waals surface area contributed by atoms with Gasteiger partial charge < -0.3 is 15.1 Å². The van der Waals surface area contributed by atoms with Crippen molar-refractivity contribution >= 4 is 40.9 Å². The third-order valence-corrected chi connectivity index (χ3v) is 7.84. The third-order valence-electron chi connectivity index (χ3n) is 6.46. The van der Waals surface area contributed by atoms with Gasteiger partial charge in [-0.25, -0.2) is 0 Å². The zero-order valence-electron chi connectivity index (χ0n) is 19.5. The summed E-state index contributed by atoms with van der Waals surface area (Å²) in [6.45, 7) is 4.34. The van der Waals surface area contributed by atoms with Crippen molar-refractivity contribution in [3.63, 3.8) is 0 Å². The molecule has 5 nitrogen and oxygen atoms in total. The van der Waals surface area contributed by atoms with Crippen LogP contribution in [-0.4, -0.2) is 42.9 Å². The van der Waals surface area contributed by atoms with Gasteiger partial charge >= 0.3 is 0 Å². The van der Waals surface area contributed by atoms with E-state index in [2.05, 4.69) is 10.2 Å². The fourth-order valence-corrected chi connectivity index (χ4v) is 5.92. The molecule has 2 amide bonds. The van der Waals surface area contributed by atoms with Crippen LogP contribution >= 0.6 is 23.4 Å². The van der Waals surface area contributed by atoms with Gasteiger partial charge in [0.15, 0.2) is 0 Å². The van der Waals surface area contributed by atoms with Crippen molar-refractivity contribution < 1.29 is 9.59 Å². The molecule has 0 saturated carbocycles. The van der Waals surface area contributed by atoms with E-state index in [0.717, 1.165) is 47.1 Å². The summed E-state index contributed by atoms with van der Waals surface area (Å²) in [5, 5.41) is 3.68. The van der Waals surface area contributed by atoms with E-state index < -0.39 is 0 Å². The van der Waals surface area contributed by atoms with Crippen LogP contribution in [0.15, 0.2) is 76.5 Å². The molecule has 2 heterocycles. The second-order valence-electron chi connectivity index (χ2n) is 8.96. The number of likely N-dealkylation sites (tertiary alicyclic amines) is 1. The van der Waals surface area contributed by atoms with Crippen molar-refractivity contribution in [2.24, 2.45) is 0 Å². The van der Waals surface area contributed by atoms with Crippen LogP contribution in [0, 0.1) is 0 Å². The molecule has 0 radical (unpaired) electrons. The van der Waals surface area contributed by atoms with E-state index in [4.69, 9.17) is 11.6 Å². The molecule has 0 aromatic heterocycles. The van der Waals surface area contributed by atoms with Crippen molar-refractivity contribution in [1.29, 1.82) is 0 Å². The third kappa shape index (κ3) is 5.56. The smallest absolute Gasteiger partial charge is 0.259 e. The van der Waals surface area contributed by atoms with Crippen LogP contribution in [0.1, 0.15) is 45.5 Å². The average Bonchev–Trinajstić information content (AvgIpc) is 3.35. The second-order valence-corrected chi connectivity index (χ2v) is 10.5. The lowest BCUT2D eigenvalue weighted by atomic mass is 10.1. The largest absolute Gasteiger partial charge is 0.352 e.